The number of benzene rings is 2. The predicted molar refractivity (Wildman–Crippen MR) is 109 cm³/mol. The molecule has 11 heteroatoms. The number of halogens is 1. The minimum atomic E-state index is -3.64. The second-order valence-electron chi connectivity index (χ2n) is 6.40. The fraction of sp³-hybridized carbons (Fsp3) is 0.105. The van der Waals surface area contributed by atoms with E-state index in [9.17, 15) is 13.2 Å². The molecule has 2 aromatic carbocycles. The van der Waals surface area contributed by atoms with E-state index in [0.717, 1.165) is 5.56 Å². The van der Waals surface area contributed by atoms with Gasteiger partial charge in [0, 0.05) is 0 Å². The first-order valence-electron chi connectivity index (χ1n) is 8.73. The normalized spacial score (nSPS) is 11.6. The standard InChI is InChI=1S/C19H15ClN4O5S/c20-14-8-15-16(23-18(22-15)24-11-13(10-21-24)29-19(25)26)9-17(14)30(27,28)7-6-12-4-2-1-3-5-12/h1-5,8-11H,6-7H2,(H,22,23)(H,25,26). The summed E-state index contributed by atoms with van der Waals surface area (Å²) in [6.45, 7) is 0. The lowest BCUT2D eigenvalue weighted by atomic mass is 10.2. The van der Waals surface area contributed by atoms with Gasteiger partial charge in [0.2, 0.25) is 5.95 Å². The number of rotatable bonds is 6. The molecule has 0 fully saturated rings. The Morgan fingerprint density at radius 3 is 2.73 bits per heavy atom. The Morgan fingerprint density at radius 1 is 1.23 bits per heavy atom. The van der Waals surface area contributed by atoms with E-state index in [-0.39, 0.29) is 27.4 Å². The first-order chi connectivity index (χ1) is 14.3. The van der Waals surface area contributed by atoms with Crippen LogP contribution in [0, 0.1) is 0 Å². The zero-order valence-electron chi connectivity index (χ0n) is 15.3. The molecule has 4 rings (SSSR count). The van der Waals surface area contributed by atoms with Gasteiger partial charge in [-0.05, 0) is 24.1 Å². The molecule has 0 aliphatic heterocycles. The number of hydrogen-bond donors (Lipinski definition) is 2. The Kier molecular flexibility index (Phi) is 5.18. The van der Waals surface area contributed by atoms with Gasteiger partial charge in [-0.2, -0.15) is 5.10 Å². The lowest BCUT2D eigenvalue weighted by Crippen LogP contribution is -2.10. The molecule has 0 atom stereocenters. The molecule has 4 aromatic rings. The average molecular weight is 447 g/mol. The largest absolute Gasteiger partial charge is 0.511 e. The number of nitrogens with zero attached hydrogens (tertiary/aromatic N) is 3. The first-order valence-corrected chi connectivity index (χ1v) is 10.8. The average Bonchev–Trinajstić information content (AvgIpc) is 3.32. The van der Waals surface area contributed by atoms with E-state index in [4.69, 9.17) is 16.7 Å². The highest BCUT2D eigenvalue weighted by atomic mass is 35.5. The highest BCUT2D eigenvalue weighted by molar-refractivity contribution is 7.91. The summed E-state index contributed by atoms with van der Waals surface area (Å²) >= 11 is 6.25. The summed E-state index contributed by atoms with van der Waals surface area (Å²) in [5, 5.41) is 12.7. The zero-order valence-corrected chi connectivity index (χ0v) is 16.9. The van der Waals surface area contributed by atoms with Crippen LogP contribution in [0.3, 0.4) is 0 Å². The molecule has 2 heterocycles. The molecule has 0 aliphatic rings. The first kappa shape index (κ1) is 19.9. The molecule has 0 bridgehead atoms. The molecule has 2 aromatic heterocycles. The highest BCUT2D eigenvalue weighted by Crippen LogP contribution is 2.28. The number of carbonyl (C=O) groups is 1. The monoisotopic (exact) mass is 446 g/mol. The van der Waals surface area contributed by atoms with Crippen LogP contribution in [0.1, 0.15) is 5.56 Å². The van der Waals surface area contributed by atoms with E-state index in [0.29, 0.717) is 17.5 Å². The van der Waals surface area contributed by atoms with Crippen LogP contribution < -0.4 is 4.74 Å². The quantitative estimate of drug-likeness (QED) is 0.434. The van der Waals surface area contributed by atoms with Crippen molar-refractivity contribution in [2.24, 2.45) is 0 Å². The van der Waals surface area contributed by atoms with E-state index in [1.165, 1.54) is 29.2 Å². The molecular weight excluding hydrogens is 432 g/mol. The summed E-state index contributed by atoms with van der Waals surface area (Å²) in [7, 11) is -3.64. The minimum absolute atomic E-state index is 0.000938. The van der Waals surface area contributed by atoms with Gasteiger partial charge in [-0.25, -0.2) is 22.9 Å². The topological polar surface area (TPSA) is 127 Å². The fourth-order valence-corrected chi connectivity index (χ4v) is 4.81. The molecule has 2 N–H and O–H groups in total. The van der Waals surface area contributed by atoms with Gasteiger partial charge < -0.3 is 14.8 Å². The maximum atomic E-state index is 12.8. The Labute approximate surface area is 175 Å². The van der Waals surface area contributed by atoms with Crippen LogP contribution in [0.25, 0.3) is 17.0 Å². The number of hydrogen-bond acceptors (Lipinski definition) is 6. The number of nitrogens with one attached hydrogen (secondary N) is 1. The van der Waals surface area contributed by atoms with Crippen LogP contribution >= 0.6 is 11.6 Å². The Hall–Kier alpha value is -3.37. The van der Waals surface area contributed by atoms with Crippen LogP contribution in [0.5, 0.6) is 5.75 Å². The minimum Gasteiger partial charge on any atom is -0.449 e. The summed E-state index contributed by atoms with van der Waals surface area (Å²) in [6, 6.07) is 12.2. The number of H-pyrrole nitrogens is 1. The third-order valence-electron chi connectivity index (χ3n) is 4.34. The molecule has 0 unspecified atom stereocenters. The molecule has 0 radical (unpaired) electrons. The van der Waals surface area contributed by atoms with Crippen molar-refractivity contribution < 1.29 is 23.1 Å². The SMILES string of the molecule is O=C(O)Oc1cnn(-c2nc3cc(S(=O)(=O)CCc4ccccc4)c(Cl)cc3[nH]2)c1. The van der Waals surface area contributed by atoms with E-state index in [1.807, 2.05) is 30.3 Å². The van der Waals surface area contributed by atoms with Gasteiger partial charge in [-0.3, -0.25) is 0 Å². The van der Waals surface area contributed by atoms with E-state index in [1.54, 1.807) is 0 Å². The molecular formula is C19H15ClN4O5S. The number of ether oxygens (including phenoxy) is 1. The number of fused-ring (bicyclic) bond motifs is 1. The molecule has 30 heavy (non-hydrogen) atoms. The van der Waals surface area contributed by atoms with Crippen LogP contribution in [-0.2, 0) is 16.3 Å². The summed E-state index contributed by atoms with van der Waals surface area (Å²) in [4.78, 5) is 17.9. The Morgan fingerprint density at radius 2 is 2.00 bits per heavy atom. The number of aromatic amines is 1. The predicted octanol–water partition coefficient (Wildman–Crippen LogP) is 3.48. The van der Waals surface area contributed by atoms with Crippen molar-refractivity contribution in [3.05, 3.63) is 65.4 Å². The van der Waals surface area contributed by atoms with Gasteiger partial charge in [0.1, 0.15) is 0 Å². The smallest absolute Gasteiger partial charge is 0.449 e. The van der Waals surface area contributed by atoms with E-state index >= 15 is 0 Å². The Balaban J connectivity index is 1.63. The second-order valence-corrected chi connectivity index (χ2v) is 8.89. The van der Waals surface area contributed by atoms with Crippen LogP contribution in [0.15, 0.2) is 59.8 Å². The number of carboxylic acid groups (broad SMARTS) is 1. The number of imidazole rings is 1. The second kappa shape index (κ2) is 7.81. The third kappa shape index (κ3) is 4.14. The van der Waals surface area contributed by atoms with Crippen molar-refractivity contribution in [2.45, 2.75) is 11.3 Å². The number of sulfone groups is 1. The molecule has 0 spiro atoms. The van der Waals surface area contributed by atoms with Crippen molar-refractivity contribution in [2.75, 3.05) is 5.75 Å². The number of aryl methyl sites for hydroxylation is 1. The zero-order chi connectivity index (χ0) is 21.3. The van der Waals surface area contributed by atoms with E-state index < -0.39 is 16.0 Å². The van der Waals surface area contributed by atoms with Crippen LogP contribution in [-0.4, -0.2) is 45.2 Å². The lowest BCUT2D eigenvalue weighted by molar-refractivity contribution is 0.144. The molecule has 0 saturated heterocycles. The van der Waals surface area contributed by atoms with Gasteiger partial charge in [0.15, 0.2) is 15.6 Å². The molecule has 0 amide bonds. The van der Waals surface area contributed by atoms with Crippen molar-refractivity contribution in [3.8, 4) is 11.7 Å². The summed E-state index contributed by atoms with van der Waals surface area (Å²) in [5.74, 6) is 0.180. The summed E-state index contributed by atoms with van der Waals surface area (Å²) in [6.07, 6.45) is 1.44. The maximum absolute atomic E-state index is 12.8. The van der Waals surface area contributed by atoms with Crippen molar-refractivity contribution in [1.82, 2.24) is 19.7 Å². The van der Waals surface area contributed by atoms with Crippen LogP contribution in [0.2, 0.25) is 5.02 Å². The fourth-order valence-electron chi connectivity index (χ4n) is 2.93. The van der Waals surface area contributed by atoms with Gasteiger partial charge in [-0.15, -0.1) is 0 Å². The van der Waals surface area contributed by atoms with Crippen molar-refractivity contribution >= 4 is 38.6 Å². The molecule has 9 nitrogen and oxygen atoms in total. The summed E-state index contributed by atoms with van der Waals surface area (Å²) < 4.78 is 31.5. The van der Waals surface area contributed by atoms with Crippen LogP contribution in [0.4, 0.5) is 4.79 Å². The highest BCUT2D eigenvalue weighted by Gasteiger charge is 2.21. The van der Waals surface area contributed by atoms with Gasteiger partial charge >= 0.3 is 6.16 Å². The molecule has 0 saturated carbocycles. The van der Waals surface area contributed by atoms with E-state index in [2.05, 4.69) is 19.8 Å². The van der Waals surface area contributed by atoms with Gasteiger partial charge in [0.25, 0.3) is 0 Å². The number of aromatic nitrogens is 4. The maximum Gasteiger partial charge on any atom is 0.511 e. The van der Waals surface area contributed by atoms with Crippen molar-refractivity contribution in [3.63, 3.8) is 0 Å². The van der Waals surface area contributed by atoms with Gasteiger partial charge in [0.05, 0.1) is 39.1 Å². The molecule has 0 aliphatic carbocycles. The Bertz CT molecular complexity index is 1330. The van der Waals surface area contributed by atoms with Gasteiger partial charge in [-0.1, -0.05) is 41.9 Å². The third-order valence-corrected chi connectivity index (χ3v) is 6.52. The summed E-state index contributed by atoms with van der Waals surface area (Å²) in [5.41, 5.74) is 1.80. The van der Waals surface area contributed by atoms with Crippen molar-refractivity contribution in [1.29, 1.82) is 0 Å². The lowest BCUT2D eigenvalue weighted by Gasteiger charge is -2.07. The molecule has 154 valence electrons.